The number of hydrogen-bond acceptors (Lipinski definition) is 4. The van der Waals surface area contributed by atoms with Crippen LogP contribution in [-0.4, -0.2) is 35.8 Å². The van der Waals surface area contributed by atoms with E-state index in [9.17, 15) is 14.4 Å². The average Bonchev–Trinajstić information content (AvgIpc) is 3.11. The number of allylic oxidation sites excluding steroid dienone is 2. The molecule has 1 saturated heterocycles. The Morgan fingerprint density at radius 3 is 2.30 bits per heavy atom. The predicted molar refractivity (Wildman–Crippen MR) is 70.3 cm³/mol. The number of esters is 1. The van der Waals surface area contributed by atoms with Crippen LogP contribution in [0.5, 0.6) is 0 Å². The standard InChI is InChI=1S/C15H19NO4/c1-3-4-10(15(19)20-2)16-13(17)11-8-5-6-9(7-8)12(11)14(16)18/h5-6,8-12H,3-4,7H2,1-2H3/t8-,9+,10-,11+,12+/m1/s1. The normalized spacial score (nSPS) is 35.6. The highest BCUT2D eigenvalue weighted by Gasteiger charge is 2.61. The molecular formula is C15H19NO4. The van der Waals surface area contributed by atoms with Gasteiger partial charge in [0, 0.05) is 0 Å². The Labute approximate surface area is 117 Å². The number of amides is 2. The van der Waals surface area contributed by atoms with E-state index in [4.69, 9.17) is 4.74 Å². The van der Waals surface area contributed by atoms with Gasteiger partial charge in [0.05, 0.1) is 18.9 Å². The molecule has 0 radical (unpaired) electrons. The molecule has 5 nitrogen and oxygen atoms in total. The van der Waals surface area contributed by atoms with E-state index in [1.807, 2.05) is 19.1 Å². The van der Waals surface area contributed by atoms with Crippen LogP contribution in [0.3, 0.4) is 0 Å². The van der Waals surface area contributed by atoms with Gasteiger partial charge in [0.1, 0.15) is 6.04 Å². The summed E-state index contributed by atoms with van der Waals surface area (Å²) in [6, 6.07) is -0.755. The van der Waals surface area contributed by atoms with Gasteiger partial charge in [-0.3, -0.25) is 14.5 Å². The summed E-state index contributed by atoms with van der Waals surface area (Å²) >= 11 is 0. The van der Waals surface area contributed by atoms with E-state index >= 15 is 0 Å². The molecule has 0 unspecified atom stereocenters. The van der Waals surface area contributed by atoms with Crippen LogP contribution in [0.1, 0.15) is 26.2 Å². The molecule has 2 aliphatic carbocycles. The number of likely N-dealkylation sites (tertiary alicyclic amines) is 1. The molecule has 0 aromatic rings. The second-order valence-electron chi connectivity index (χ2n) is 5.87. The van der Waals surface area contributed by atoms with E-state index in [1.165, 1.54) is 12.0 Å². The van der Waals surface area contributed by atoms with Gasteiger partial charge in [-0.25, -0.2) is 4.79 Å². The van der Waals surface area contributed by atoms with Crippen LogP contribution in [0, 0.1) is 23.7 Å². The number of carbonyl (C=O) groups excluding carboxylic acids is 3. The Balaban J connectivity index is 1.90. The largest absolute Gasteiger partial charge is 0.467 e. The number of nitrogens with zero attached hydrogens (tertiary/aromatic N) is 1. The fourth-order valence-corrected chi connectivity index (χ4v) is 3.99. The van der Waals surface area contributed by atoms with Crippen molar-refractivity contribution in [3.8, 4) is 0 Å². The molecular weight excluding hydrogens is 258 g/mol. The average molecular weight is 277 g/mol. The second-order valence-corrected chi connectivity index (χ2v) is 5.87. The summed E-state index contributed by atoms with van der Waals surface area (Å²) in [5, 5.41) is 0. The Bertz CT molecular complexity index is 468. The first-order valence-corrected chi connectivity index (χ1v) is 7.23. The third-order valence-corrected chi connectivity index (χ3v) is 4.85. The van der Waals surface area contributed by atoms with E-state index in [1.54, 1.807) is 0 Å². The molecule has 5 heteroatoms. The molecule has 2 bridgehead atoms. The number of carbonyl (C=O) groups is 3. The van der Waals surface area contributed by atoms with Crippen LogP contribution in [0.4, 0.5) is 0 Å². The van der Waals surface area contributed by atoms with Crippen molar-refractivity contribution in [3.63, 3.8) is 0 Å². The molecule has 0 N–H and O–H groups in total. The lowest BCUT2D eigenvalue weighted by molar-refractivity contribution is -0.157. The summed E-state index contributed by atoms with van der Waals surface area (Å²) in [6.45, 7) is 1.92. The molecule has 2 amide bonds. The summed E-state index contributed by atoms with van der Waals surface area (Å²) < 4.78 is 4.76. The Hall–Kier alpha value is -1.65. The lowest BCUT2D eigenvalue weighted by Gasteiger charge is -2.25. The van der Waals surface area contributed by atoms with Crippen molar-refractivity contribution in [2.45, 2.75) is 32.2 Å². The monoisotopic (exact) mass is 277 g/mol. The molecule has 0 aromatic heterocycles. The molecule has 0 spiro atoms. The highest BCUT2D eigenvalue weighted by Crippen LogP contribution is 2.53. The zero-order chi connectivity index (χ0) is 14.4. The molecule has 1 heterocycles. The van der Waals surface area contributed by atoms with Gasteiger partial charge < -0.3 is 4.74 Å². The number of ether oxygens (including phenoxy) is 1. The Morgan fingerprint density at radius 2 is 1.85 bits per heavy atom. The van der Waals surface area contributed by atoms with Gasteiger partial charge >= 0.3 is 5.97 Å². The number of rotatable bonds is 4. The SMILES string of the molecule is CCC[C@H](C(=O)OC)N1C(=O)[C@@H]2[C@@H](C1=O)[C@H]1C=C[C@@H]2C1. The minimum absolute atomic E-state index is 0.173. The Kier molecular flexibility index (Phi) is 3.15. The minimum Gasteiger partial charge on any atom is -0.467 e. The highest BCUT2D eigenvalue weighted by atomic mass is 16.5. The summed E-state index contributed by atoms with van der Waals surface area (Å²) in [5.41, 5.74) is 0. The predicted octanol–water partition coefficient (Wildman–Crippen LogP) is 1.14. The smallest absolute Gasteiger partial charge is 0.329 e. The van der Waals surface area contributed by atoms with E-state index in [0.29, 0.717) is 6.42 Å². The third kappa shape index (κ3) is 1.65. The van der Waals surface area contributed by atoms with Gasteiger partial charge in [0.2, 0.25) is 11.8 Å². The summed E-state index contributed by atoms with van der Waals surface area (Å²) in [7, 11) is 1.29. The van der Waals surface area contributed by atoms with Gasteiger partial charge in [-0.2, -0.15) is 0 Å². The molecule has 1 aliphatic heterocycles. The van der Waals surface area contributed by atoms with Crippen LogP contribution < -0.4 is 0 Å². The van der Waals surface area contributed by atoms with Crippen molar-refractivity contribution < 1.29 is 19.1 Å². The molecule has 0 aromatic carbocycles. The first kappa shape index (κ1) is 13.3. The van der Waals surface area contributed by atoms with Crippen LogP contribution in [-0.2, 0) is 19.1 Å². The third-order valence-electron chi connectivity index (χ3n) is 4.85. The molecule has 1 saturated carbocycles. The maximum Gasteiger partial charge on any atom is 0.329 e. The number of fused-ring (bicyclic) bond motifs is 5. The van der Waals surface area contributed by atoms with Crippen LogP contribution in [0.25, 0.3) is 0 Å². The van der Waals surface area contributed by atoms with Crippen LogP contribution in [0.2, 0.25) is 0 Å². The molecule has 3 aliphatic rings. The number of imide groups is 1. The van der Waals surface area contributed by atoms with Crippen molar-refractivity contribution in [3.05, 3.63) is 12.2 Å². The lowest BCUT2D eigenvalue weighted by atomic mass is 9.85. The zero-order valence-electron chi connectivity index (χ0n) is 11.7. The van der Waals surface area contributed by atoms with Crippen molar-refractivity contribution in [2.24, 2.45) is 23.7 Å². The number of methoxy groups -OCH3 is 1. The minimum atomic E-state index is -0.755. The summed E-state index contributed by atoms with van der Waals surface area (Å²) in [6.07, 6.45) is 6.18. The van der Waals surface area contributed by atoms with Crippen LogP contribution in [0.15, 0.2) is 12.2 Å². The topological polar surface area (TPSA) is 63.7 Å². The van der Waals surface area contributed by atoms with Crippen LogP contribution >= 0.6 is 0 Å². The summed E-state index contributed by atoms with van der Waals surface area (Å²) in [5.74, 6) is -1.00. The van der Waals surface area contributed by atoms with Gasteiger partial charge in [0.25, 0.3) is 0 Å². The fourth-order valence-electron chi connectivity index (χ4n) is 3.99. The molecule has 20 heavy (non-hydrogen) atoms. The first-order chi connectivity index (χ1) is 9.60. The van der Waals surface area contributed by atoms with E-state index in [2.05, 4.69) is 0 Å². The molecule has 5 atom stereocenters. The van der Waals surface area contributed by atoms with E-state index in [0.717, 1.165) is 12.8 Å². The molecule has 2 fully saturated rings. The van der Waals surface area contributed by atoms with Crippen molar-refractivity contribution in [1.29, 1.82) is 0 Å². The van der Waals surface area contributed by atoms with E-state index < -0.39 is 12.0 Å². The summed E-state index contributed by atoms with van der Waals surface area (Å²) in [4.78, 5) is 38.3. The molecule has 3 rings (SSSR count). The van der Waals surface area contributed by atoms with Gasteiger partial charge in [-0.05, 0) is 24.7 Å². The highest BCUT2D eigenvalue weighted by molar-refractivity contribution is 6.08. The van der Waals surface area contributed by atoms with Crippen molar-refractivity contribution in [2.75, 3.05) is 7.11 Å². The van der Waals surface area contributed by atoms with Crippen molar-refractivity contribution in [1.82, 2.24) is 4.90 Å². The maximum absolute atomic E-state index is 12.6. The van der Waals surface area contributed by atoms with Gasteiger partial charge in [0.15, 0.2) is 0 Å². The van der Waals surface area contributed by atoms with Gasteiger partial charge in [-0.1, -0.05) is 25.5 Å². The maximum atomic E-state index is 12.6. The fraction of sp³-hybridized carbons (Fsp3) is 0.667. The lowest BCUT2D eigenvalue weighted by Crippen LogP contribution is -2.46. The number of hydrogen-bond donors (Lipinski definition) is 0. The van der Waals surface area contributed by atoms with Gasteiger partial charge in [-0.15, -0.1) is 0 Å². The van der Waals surface area contributed by atoms with E-state index in [-0.39, 0.29) is 35.5 Å². The van der Waals surface area contributed by atoms with Crippen molar-refractivity contribution >= 4 is 17.8 Å². The quantitative estimate of drug-likeness (QED) is 0.439. The molecule has 108 valence electrons. The zero-order valence-corrected chi connectivity index (χ0v) is 11.7. The first-order valence-electron chi connectivity index (χ1n) is 7.23. The Morgan fingerprint density at radius 1 is 1.30 bits per heavy atom. The second kappa shape index (κ2) is 4.72.